The molecule has 0 aliphatic carbocycles. The highest BCUT2D eigenvalue weighted by molar-refractivity contribution is 5.35. The second-order valence-electron chi connectivity index (χ2n) is 3.60. The average Bonchev–Trinajstić information content (AvgIpc) is 2.39. The van der Waals surface area contributed by atoms with Crippen LogP contribution in [0.4, 0.5) is 0 Å². The predicted octanol–water partition coefficient (Wildman–Crippen LogP) is 2.29. The Labute approximate surface area is 100 Å². The van der Waals surface area contributed by atoms with Gasteiger partial charge in [0.05, 0.1) is 5.69 Å². The number of hydrogen-bond acceptors (Lipinski definition) is 4. The first-order valence-corrected chi connectivity index (χ1v) is 5.61. The van der Waals surface area contributed by atoms with E-state index in [1.54, 1.807) is 12.3 Å². The van der Waals surface area contributed by atoms with Gasteiger partial charge < -0.3 is 10.5 Å². The lowest BCUT2D eigenvalue weighted by Gasteiger charge is -2.08. The number of aromatic nitrogens is 2. The molecule has 1 heterocycles. The van der Waals surface area contributed by atoms with Gasteiger partial charge in [-0.3, -0.25) is 0 Å². The molecule has 0 spiro atoms. The summed E-state index contributed by atoms with van der Waals surface area (Å²) in [5.41, 5.74) is 7.42. The molecule has 1 aromatic heterocycles. The molecule has 0 saturated carbocycles. The minimum Gasteiger partial charge on any atom is -0.424 e. The zero-order chi connectivity index (χ0) is 12.1. The van der Waals surface area contributed by atoms with Crippen LogP contribution in [0.15, 0.2) is 36.5 Å². The summed E-state index contributed by atoms with van der Waals surface area (Å²) in [6.07, 6.45) is 2.56. The number of nitrogens with zero attached hydrogens (tertiary/aromatic N) is 2. The van der Waals surface area contributed by atoms with Gasteiger partial charge >= 0.3 is 6.01 Å². The van der Waals surface area contributed by atoms with Crippen LogP contribution in [-0.2, 0) is 13.0 Å². The van der Waals surface area contributed by atoms with Crippen molar-refractivity contribution >= 4 is 0 Å². The van der Waals surface area contributed by atoms with Crippen molar-refractivity contribution < 1.29 is 4.74 Å². The summed E-state index contributed by atoms with van der Waals surface area (Å²) >= 11 is 0. The Morgan fingerprint density at radius 3 is 2.82 bits per heavy atom. The van der Waals surface area contributed by atoms with E-state index >= 15 is 0 Å². The molecule has 0 fully saturated rings. The molecule has 0 bridgehead atoms. The Kier molecular flexibility index (Phi) is 3.67. The van der Waals surface area contributed by atoms with Crippen LogP contribution in [0.2, 0.25) is 0 Å². The molecule has 0 atom stereocenters. The van der Waals surface area contributed by atoms with Crippen LogP contribution in [0.3, 0.4) is 0 Å². The van der Waals surface area contributed by atoms with Gasteiger partial charge in [0, 0.05) is 12.7 Å². The van der Waals surface area contributed by atoms with Crippen molar-refractivity contribution in [3.05, 3.63) is 47.8 Å². The highest BCUT2D eigenvalue weighted by Gasteiger charge is 2.05. The maximum atomic E-state index is 5.67. The van der Waals surface area contributed by atoms with Gasteiger partial charge in [-0.15, -0.1) is 0 Å². The number of para-hydroxylation sites is 1. The van der Waals surface area contributed by atoms with Crippen molar-refractivity contribution in [3.63, 3.8) is 0 Å². The first-order valence-electron chi connectivity index (χ1n) is 5.61. The molecule has 0 aliphatic rings. The Bertz CT molecular complexity index is 500. The highest BCUT2D eigenvalue weighted by atomic mass is 16.5. The molecule has 2 aromatic rings. The predicted molar refractivity (Wildman–Crippen MR) is 65.8 cm³/mol. The van der Waals surface area contributed by atoms with E-state index in [4.69, 9.17) is 10.5 Å². The van der Waals surface area contributed by atoms with Crippen molar-refractivity contribution in [1.82, 2.24) is 9.97 Å². The van der Waals surface area contributed by atoms with Gasteiger partial charge in [0.25, 0.3) is 0 Å². The molecule has 4 nitrogen and oxygen atoms in total. The summed E-state index contributed by atoms with van der Waals surface area (Å²) in [5.74, 6) is 0.796. The fraction of sp³-hybridized carbons (Fsp3) is 0.231. The molecule has 1 aromatic carbocycles. The standard InChI is InChI=1S/C13H15N3O/c1-2-10-5-3-4-6-12(10)17-13-15-8-7-11(9-14)16-13/h3-8H,2,9,14H2,1H3. The molecular formula is C13H15N3O. The summed E-state index contributed by atoms with van der Waals surface area (Å²) < 4.78 is 5.67. The van der Waals surface area contributed by atoms with E-state index in [1.165, 1.54) is 0 Å². The van der Waals surface area contributed by atoms with Crippen molar-refractivity contribution in [3.8, 4) is 11.8 Å². The van der Waals surface area contributed by atoms with Crippen molar-refractivity contribution in [2.75, 3.05) is 0 Å². The van der Waals surface area contributed by atoms with Crippen LogP contribution in [0.25, 0.3) is 0 Å². The number of rotatable bonds is 4. The van der Waals surface area contributed by atoms with E-state index in [0.29, 0.717) is 12.6 Å². The van der Waals surface area contributed by atoms with E-state index in [1.807, 2.05) is 24.3 Å². The minimum atomic E-state index is 0.342. The largest absolute Gasteiger partial charge is 0.424 e. The lowest BCUT2D eigenvalue weighted by Crippen LogP contribution is -2.02. The molecule has 17 heavy (non-hydrogen) atoms. The summed E-state index contributed by atoms with van der Waals surface area (Å²) in [5, 5.41) is 0. The molecule has 4 heteroatoms. The van der Waals surface area contributed by atoms with Crippen LogP contribution >= 0.6 is 0 Å². The first-order chi connectivity index (χ1) is 8.33. The molecule has 0 aliphatic heterocycles. The Balaban J connectivity index is 2.24. The average molecular weight is 229 g/mol. The highest BCUT2D eigenvalue weighted by Crippen LogP contribution is 2.22. The Morgan fingerprint density at radius 1 is 1.24 bits per heavy atom. The lowest BCUT2D eigenvalue weighted by molar-refractivity contribution is 0.434. The number of nitrogens with two attached hydrogens (primary N) is 1. The quantitative estimate of drug-likeness (QED) is 0.873. The SMILES string of the molecule is CCc1ccccc1Oc1nccc(CN)n1. The third kappa shape index (κ3) is 2.79. The van der Waals surface area contributed by atoms with E-state index in [0.717, 1.165) is 23.4 Å². The maximum absolute atomic E-state index is 5.67. The van der Waals surface area contributed by atoms with Crippen molar-refractivity contribution in [1.29, 1.82) is 0 Å². The van der Waals surface area contributed by atoms with Gasteiger partial charge in [-0.05, 0) is 24.1 Å². The molecule has 2 rings (SSSR count). The van der Waals surface area contributed by atoms with Gasteiger partial charge in [-0.1, -0.05) is 25.1 Å². The molecule has 2 N–H and O–H groups in total. The number of aryl methyl sites for hydroxylation is 1. The zero-order valence-corrected chi connectivity index (χ0v) is 9.76. The van der Waals surface area contributed by atoms with Crippen molar-refractivity contribution in [2.45, 2.75) is 19.9 Å². The number of hydrogen-bond donors (Lipinski definition) is 1. The molecular weight excluding hydrogens is 214 g/mol. The van der Waals surface area contributed by atoms with E-state index in [-0.39, 0.29) is 0 Å². The summed E-state index contributed by atoms with van der Waals surface area (Å²) in [6.45, 7) is 2.47. The molecule has 0 saturated heterocycles. The third-order valence-corrected chi connectivity index (χ3v) is 2.46. The van der Waals surface area contributed by atoms with Crippen molar-refractivity contribution in [2.24, 2.45) is 5.73 Å². The van der Waals surface area contributed by atoms with E-state index < -0.39 is 0 Å². The maximum Gasteiger partial charge on any atom is 0.322 e. The Hall–Kier alpha value is -1.94. The van der Waals surface area contributed by atoms with Gasteiger partial charge in [0.1, 0.15) is 5.75 Å². The summed E-state index contributed by atoms with van der Waals surface area (Å²) in [7, 11) is 0. The van der Waals surface area contributed by atoms with Crippen LogP contribution < -0.4 is 10.5 Å². The molecule has 0 unspecified atom stereocenters. The monoisotopic (exact) mass is 229 g/mol. The van der Waals surface area contributed by atoms with Crippen LogP contribution in [0.1, 0.15) is 18.2 Å². The lowest BCUT2D eigenvalue weighted by atomic mass is 10.1. The molecule has 0 radical (unpaired) electrons. The second kappa shape index (κ2) is 5.41. The molecule has 88 valence electrons. The number of benzene rings is 1. The molecule has 0 amide bonds. The smallest absolute Gasteiger partial charge is 0.322 e. The fourth-order valence-electron chi connectivity index (χ4n) is 1.53. The minimum absolute atomic E-state index is 0.342. The van der Waals surface area contributed by atoms with Gasteiger partial charge in [-0.25, -0.2) is 4.98 Å². The normalized spacial score (nSPS) is 10.2. The van der Waals surface area contributed by atoms with Gasteiger partial charge in [-0.2, -0.15) is 4.98 Å². The van der Waals surface area contributed by atoms with Gasteiger partial charge in [0.2, 0.25) is 0 Å². The Morgan fingerprint density at radius 2 is 2.06 bits per heavy atom. The summed E-state index contributed by atoms with van der Waals surface area (Å²) in [4.78, 5) is 8.27. The van der Waals surface area contributed by atoms with Crippen LogP contribution in [-0.4, -0.2) is 9.97 Å². The zero-order valence-electron chi connectivity index (χ0n) is 9.76. The first kappa shape index (κ1) is 11.5. The van der Waals surface area contributed by atoms with Crippen LogP contribution in [0.5, 0.6) is 11.8 Å². The third-order valence-electron chi connectivity index (χ3n) is 2.46. The summed E-state index contributed by atoms with van der Waals surface area (Å²) in [6, 6.07) is 9.98. The number of ether oxygens (including phenoxy) is 1. The second-order valence-corrected chi connectivity index (χ2v) is 3.60. The topological polar surface area (TPSA) is 61.0 Å². The fourth-order valence-corrected chi connectivity index (χ4v) is 1.53. The van der Waals surface area contributed by atoms with Crippen LogP contribution in [0, 0.1) is 0 Å². The van der Waals surface area contributed by atoms with Gasteiger partial charge in [0.15, 0.2) is 0 Å². The van der Waals surface area contributed by atoms with E-state index in [9.17, 15) is 0 Å². The van der Waals surface area contributed by atoms with E-state index in [2.05, 4.69) is 16.9 Å².